The number of thiazole rings is 1. The smallest absolute Gasteiger partial charge is 0.417 e. The van der Waals surface area contributed by atoms with E-state index in [-0.39, 0.29) is 69.8 Å². The number of nitrogens with one attached hydrogen (secondary N) is 5. The maximum atomic E-state index is 14.0. The zero-order valence-corrected chi connectivity index (χ0v) is 41.7. The van der Waals surface area contributed by atoms with Crippen molar-refractivity contribution in [3.05, 3.63) is 118 Å². The van der Waals surface area contributed by atoms with Gasteiger partial charge in [-0.1, -0.05) is 56.6 Å². The Balaban J connectivity index is 0.864. The molecule has 384 valence electrons. The van der Waals surface area contributed by atoms with Crippen molar-refractivity contribution in [2.75, 3.05) is 50.2 Å². The number of hydrogen-bond acceptors (Lipinski definition) is 12. The molecule has 72 heavy (non-hydrogen) atoms. The number of ether oxygens (including phenoxy) is 3. The number of likely N-dealkylation sites (tertiary alicyclic amines) is 1. The number of pyridine rings is 1. The predicted octanol–water partition coefficient (Wildman–Crippen LogP) is 8.15. The lowest BCUT2D eigenvalue weighted by atomic mass is 9.85. The van der Waals surface area contributed by atoms with Gasteiger partial charge in [0.1, 0.15) is 29.3 Å². The molecule has 0 aliphatic carbocycles. The summed E-state index contributed by atoms with van der Waals surface area (Å²) in [5.74, 6) is -1.13. The molecule has 0 saturated carbocycles. The molecule has 1 saturated heterocycles. The number of aliphatic hydroxyl groups excluding tert-OH is 1. The second-order valence-electron chi connectivity index (χ2n) is 17.9. The van der Waals surface area contributed by atoms with E-state index in [9.17, 15) is 42.3 Å². The highest BCUT2D eigenvalue weighted by Gasteiger charge is 2.44. The molecule has 0 spiro atoms. The SMILES string of the molecule is Cc1ncsc1-c1ccc([C@H](C)NC(=O)[C@H]2C[C@H](O)CN2C(=O)C(NC(=O)CCOCCOCCNC(=O)c2cc(Oc3ccc(NC(=O)Nc4ccc(Cl)c(C(F)(F)F)c4)cc3)ccn2)C(C)(C)C)cc1. The van der Waals surface area contributed by atoms with E-state index in [4.69, 9.17) is 25.8 Å². The molecule has 3 aromatic carbocycles. The van der Waals surface area contributed by atoms with Gasteiger partial charge >= 0.3 is 12.2 Å². The fraction of sp³-hybridized carbons (Fsp3) is 0.380. The van der Waals surface area contributed by atoms with Crippen LogP contribution in [0.25, 0.3) is 10.4 Å². The summed E-state index contributed by atoms with van der Waals surface area (Å²) in [6.45, 7) is 9.84. The molecule has 3 heterocycles. The summed E-state index contributed by atoms with van der Waals surface area (Å²) in [6.07, 6.45) is -4.20. The molecule has 0 bridgehead atoms. The Hall–Kier alpha value is -6.65. The Labute approximate surface area is 423 Å². The molecule has 1 aliphatic heterocycles. The van der Waals surface area contributed by atoms with Crippen LogP contribution >= 0.6 is 22.9 Å². The summed E-state index contributed by atoms with van der Waals surface area (Å²) in [6, 6.07) is 16.8. The molecule has 6 amide bonds. The third-order valence-corrected chi connectivity index (χ3v) is 12.6. The van der Waals surface area contributed by atoms with Crippen molar-refractivity contribution in [2.24, 2.45) is 5.41 Å². The van der Waals surface area contributed by atoms with Crippen molar-refractivity contribution in [2.45, 2.75) is 77.9 Å². The number of anilines is 2. The number of β-amino-alcohol motifs (C(OH)–C–C–N with tert-alkyl or cyclic N) is 1. The third-order valence-electron chi connectivity index (χ3n) is 11.3. The van der Waals surface area contributed by atoms with Gasteiger partial charge in [0.05, 0.1) is 65.2 Å². The number of benzene rings is 3. The Morgan fingerprint density at radius 1 is 0.861 bits per heavy atom. The fourth-order valence-electron chi connectivity index (χ4n) is 7.52. The van der Waals surface area contributed by atoms with Crippen LogP contribution in [0.15, 0.2) is 90.6 Å². The molecule has 6 N–H and O–H groups in total. The third kappa shape index (κ3) is 15.4. The molecular weight excluding hydrogens is 981 g/mol. The molecule has 6 rings (SSSR count). The lowest BCUT2D eigenvalue weighted by Gasteiger charge is -2.35. The van der Waals surface area contributed by atoms with Crippen LogP contribution in [0.3, 0.4) is 0 Å². The summed E-state index contributed by atoms with van der Waals surface area (Å²) in [7, 11) is 0. The molecule has 1 fully saturated rings. The normalized spacial score (nSPS) is 15.6. The number of carbonyl (C=O) groups excluding carboxylic acids is 5. The van der Waals surface area contributed by atoms with Crippen LogP contribution in [0.2, 0.25) is 5.02 Å². The van der Waals surface area contributed by atoms with Crippen LogP contribution in [0.1, 0.15) is 73.9 Å². The molecule has 1 aliphatic rings. The molecule has 5 aromatic rings. The van der Waals surface area contributed by atoms with Crippen molar-refractivity contribution in [3.63, 3.8) is 0 Å². The van der Waals surface area contributed by atoms with Gasteiger partial charge in [-0.15, -0.1) is 11.3 Å². The first kappa shape index (κ1) is 54.7. The quantitative estimate of drug-likeness (QED) is 0.0408. The summed E-state index contributed by atoms with van der Waals surface area (Å²) >= 11 is 7.20. The van der Waals surface area contributed by atoms with E-state index in [0.29, 0.717) is 17.2 Å². The van der Waals surface area contributed by atoms with Gasteiger partial charge in [-0.25, -0.2) is 9.78 Å². The van der Waals surface area contributed by atoms with E-state index < -0.39 is 70.0 Å². The number of urea groups is 1. The highest BCUT2D eigenvalue weighted by Crippen LogP contribution is 2.36. The summed E-state index contributed by atoms with van der Waals surface area (Å²) in [4.78, 5) is 76.8. The van der Waals surface area contributed by atoms with Gasteiger partial charge in [-0.3, -0.25) is 24.2 Å². The number of nitrogens with zero attached hydrogens (tertiary/aromatic N) is 3. The van der Waals surface area contributed by atoms with Crippen molar-refractivity contribution >= 4 is 64.0 Å². The molecule has 17 nitrogen and oxygen atoms in total. The highest BCUT2D eigenvalue weighted by molar-refractivity contribution is 7.13. The molecule has 2 aromatic heterocycles. The van der Waals surface area contributed by atoms with Crippen LogP contribution in [0.4, 0.5) is 29.3 Å². The first-order valence-corrected chi connectivity index (χ1v) is 24.1. The first-order chi connectivity index (χ1) is 34.2. The summed E-state index contributed by atoms with van der Waals surface area (Å²) in [5.41, 5.74) is 3.12. The van der Waals surface area contributed by atoms with Gasteiger partial charge in [-0.05, 0) is 78.9 Å². The minimum atomic E-state index is -4.69. The molecule has 1 unspecified atom stereocenters. The van der Waals surface area contributed by atoms with Gasteiger partial charge in [-0.2, -0.15) is 13.2 Å². The maximum absolute atomic E-state index is 14.0. The number of aromatic nitrogens is 2. The second kappa shape index (κ2) is 24.7. The molecule has 0 radical (unpaired) electrons. The molecule has 4 atom stereocenters. The van der Waals surface area contributed by atoms with Crippen LogP contribution in [-0.2, 0) is 30.0 Å². The van der Waals surface area contributed by atoms with Crippen LogP contribution in [0, 0.1) is 12.3 Å². The molecular formula is C50H56ClF3N8O9S. The van der Waals surface area contributed by atoms with Crippen molar-refractivity contribution in [1.82, 2.24) is 30.8 Å². The Kier molecular flexibility index (Phi) is 18.7. The number of amides is 6. The monoisotopic (exact) mass is 1040 g/mol. The van der Waals surface area contributed by atoms with E-state index in [1.54, 1.807) is 22.9 Å². The number of aryl methyl sites for hydroxylation is 1. The lowest BCUT2D eigenvalue weighted by molar-refractivity contribution is -0.144. The predicted molar refractivity (Wildman–Crippen MR) is 265 cm³/mol. The zero-order valence-electron chi connectivity index (χ0n) is 40.1. The van der Waals surface area contributed by atoms with Crippen LogP contribution in [-0.4, -0.2) is 107 Å². The van der Waals surface area contributed by atoms with Crippen LogP contribution in [0.5, 0.6) is 11.5 Å². The van der Waals surface area contributed by atoms with Gasteiger partial charge < -0.3 is 50.8 Å². The lowest BCUT2D eigenvalue weighted by Crippen LogP contribution is -2.58. The average molecular weight is 1040 g/mol. The first-order valence-electron chi connectivity index (χ1n) is 22.9. The van der Waals surface area contributed by atoms with E-state index in [2.05, 4.69) is 36.6 Å². The number of rotatable bonds is 20. The minimum absolute atomic E-state index is 0.0398. The average Bonchev–Trinajstić information content (AvgIpc) is 3.95. The topological polar surface area (TPSA) is 222 Å². The van der Waals surface area contributed by atoms with Crippen molar-refractivity contribution < 1.29 is 56.5 Å². The standard InChI is InChI=1S/C50H56ClF3N8O9S/c1-29(31-6-8-32(9-7-31)43-30(2)57-28-72-43)58-46(66)41-25-35(63)27-62(41)47(67)44(49(3,4)5)61-42(64)17-20-69-22-23-70-21-19-56-45(65)40-26-37(16-18-55-40)71-36-13-10-33(11-14-36)59-48(68)60-34-12-15-39(51)38(24-34)50(52,53)54/h6-16,18,24,26,28-29,35,41,44,63H,17,19-23,25,27H2,1-5H3,(H,56,65)(H,58,66)(H,61,64)(H2,59,60,68)/t29-,35-,41+,44?/m0/s1. The Morgan fingerprint density at radius 2 is 1.54 bits per heavy atom. The number of aliphatic hydroxyl groups is 1. The number of carbonyl (C=O) groups is 5. The summed E-state index contributed by atoms with van der Waals surface area (Å²) < 4.78 is 56.5. The number of halogens is 4. The summed E-state index contributed by atoms with van der Waals surface area (Å²) in [5, 5.41) is 23.5. The van der Waals surface area contributed by atoms with Crippen LogP contribution < -0.4 is 31.3 Å². The second-order valence-corrected chi connectivity index (χ2v) is 19.1. The maximum Gasteiger partial charge on any atom is 0.417 e. The minimum Gasteiger partial charge on any atom is -0.457 e. The van der Waals surface area contributed by atoms with E-state index in [0.717, 1.165) is 33.8 Å². The van der Waals surface area contributed by atoms with E-state index in [1.807, 2.05) is 58.9 Å². The molecule has 22 heteroatoms. The van der Waals surface area contributed by atoms with Gasteiger partial charge in [0, 0.05) is 49.6 Å². The fourth-order valence-corrected chi connectivity index (χ4v) is 8.55. The van der Waals surface area contributed by atoms with Crippen molar-refractivity contribution in [3.8, 4) is 21.9 Å². The van der Waals surface area contributed by atoms with Crippen molar-refractivity contribution in [1.29, 1.82) is 0 Å². The van der Waals surface area contributed by atoms with E-state index >= 15 is 0 Å². The van der Waals surface area contributed by atoms with Gasteiger partial charge in [0.25, 0.3) is 5.91 Å². The van der Waals surface area contributed by atoms with E-state index in [1.165, 1.54) is 47.5 Å². The number of alkyl halides is 3. The number of hydrogen-bond donors (Lipinski definition) is 6. The zero-order chi connectivity index (χ0) is 52.2. The highest BCUT2D eigenvalue weighted by atomic mass is 35.5. The Bertz CT molecular complexity index is 2690. The Morgan fingerprint density at radius 3 is 2.21 bits per heavy atom. The largest absolute Gasteiger partial charge is 0.457 e. The van der Waals surface area contributed by atoms with Gasteiger partial charge in [0.15, 0.2) is 0 Å². The van der Waals surface area contributed by atoms with Gasteiger partial charge in [0.2, 0.25) is 17.7 Å².